The normalized spacial score (nSPS) is 12.6. The summed E-state index contributed by atoms with van der Waals surface area (Å²) in [6.45, 7) is 0. The first-order chi connectivity index (χ1) is 9.69. The van der Waals surface area contributed by atoms with Crippen LogP contribution in [-0.4, -0.2) is 22.2 Å². The van der Waals surface area contributed by atoms with Crippen molar-refractivity contribution in [3.8, 4) is 5.75 Å². The van der Waals surface area contributed by atoms with E-state index in [0.29, 0.717) is 16.3 Å². The van der Waals surface area contributed by atoms with Gasteiger partial charge < -0.3 is 9.84 Å². The Morgan fingerprint density at radius 1 is 1.35 bits per heavy atom. The number of fused-ring (bicyclic) bond motifs is 1. The van der Waals surface area contributed by atoms with Gasteiger partial charge in [0.2, 0.25) is 0 Å². The minimum Gasteiger partial charge on any atom is -0.496 e. The topological polar surface area (TPSA) is 55.2 Å². The smallest absolute Gasteiger partial charge is 0.136 e. The summed E-state index contributed by atoms with van der Waals surface area (Å²) in [4.78, 5) is 8.51. The van der Waals surface area contributed by atoms with E-state index in [1.807, 2.05) is 18.2 Å². The Bertz CT molecular complexity index is 760. The number of hydrogen-bond acceptors (Lipinski definition) is 5. The Hall–Kier alpha value is -1.50. The Balaban J connectivity index is 2.05. The number of ether oxygens (including phenoxy) is 1. The first-order valence-electron chi connectivity index (χ1n) is 5.91. The number of halogens is 1. The fourth-order valence-electron chi connectivity index (χ4n) is 1.95. The molecule has 4 nitrogen and oxygen atoms in total. The van der Waals surface area contributed by atoms with Crippen molar-refractivity contribution in [3.63, 3.8) is 0 Å². The van der Waals surface area contributed by atoms with Crippen LogP contribution in [0.4, 0.5) is 0 Å². The van der Waals surface area contributed by atoms with Crippen molar-refractivity contribution in [2.24, 2.45) is 0 Å². The second-order valence-corrected chi connectivity index (χ2v) is 6.16. The maximum atomic E-state index is 10.5. The summed E-state index contributed by atoms with van der Waals surface area (Å²) >= 11 is 4.89. The van der Waals surface area contributed by atoms with E-state index < -0.39 is 6.10 Å². The molecule has 3 rings (SSSR count). The molecule has 0 saturated carbocycles. The molecule has 1 aromatic carbocycles. The van der Waals surface area contributed by atoms with Gasteiger partial charge in [-0.15, -0.1) is 11.3 Å². The number of nitrogens with zero attached hydrogens (tertiary/aromatic N) is 2. The maximum Gasteiger partial charge on any atom is 0.136 e. The fraction of sp³-hybridized carbons (Fsp3) is 0.143. The van der Waals surface area contributed by atoms with E-state index >= 15 is 0 Å². The summed E-state index contributed by atoms with van der Waals surface area (Å²) in [5.41, 5.74) is 1.49. The first kappa shape index (κ1) is 13.5. The van der Waals surface area contributed by atoms with Gasteiger partial charge in [-0.25, -0.2) is 4.98 Å². The quantitative estimate of drug-likeness (QED) is 0.784. The van der Waals surface area contributed by atoms with E-state index in [9.17, 15) is 5.11 Å². The predicted molar refractivity (Wildman–Crippen MR) is 82.2 cm³/mol. The van der Waals surface area contributed by atoms with Crippen LogP contribution in [0.1, 0.15) is 16.7 Å². The molecule has 0 spiro atoms. The molecule has 0 aliphatic carbocycles. The van der Waals surface area contributed by atoms with Crippen LogP contribution >= 0.6 is 27.3 Å². The highest BCUT2D eigenvalue weighted by Crippen LogP contribution is 2.34. The zero-order valence-electron chi connectivity index (χ0n) is 10.6. The number of rotatable bonds is 3. The fourth-order valence-corrected chi connectivity index (χ4v) is 3.48. The molecule has 0 aliphatic rings. The number of benzene rings is 1. The van der Waals surface area contributed by atoms with Crippen molar-refractivity contribution >= 4 is 37.5 Å². The number of aromatic nitrogens is 2. The van der Waals surface area contributed by atoms with Crippen LogP contribution in [0.2, 0.25) is 0 Å². The Kier molecular flexibility index (Phi) is 3.69. The summed E-state index contributed by atoms with van der Waals surface area (Å²) in [5.74, 6) is 0.605. The maximum absolute atomic E-state index is 10.5. The molecule has 0 bridgehead atoms. The summed E-state index contributed by atoms with van der Waals surface area (Å²) < 4.78 is 7.27. The lowest BCUT2D eigenvalue weighted by Crippen LogP contribution is -2.02. The molecule has 1 unspecified atom stereocenters. The average molecular weight is 351 g/mol. The van der Waals surface area contributed by atoms with Gasteiger partial charge in [0.15, 0.2) is 0 Å². The van der Waals surface area contributed by atoms with Crippen LogP contribution < -0.4 is 4.74 Å². The molecule has 102 valence electrons. The standard InChI is InChI=1S/C14H11BrN2O2S/c1-19-11-4-5-16-7-9(11)13(18)14-17-10-3-2-8(15)6-12(10)20-14/h2-7,13,18H,1H3. The minimum atomic E-state index is -0.838. The number of aliphatic hydroxyl groups excluding tert-OH is 1. The van der Waals surface area contributed by atoms with Gasteiger partial charge >= 0.3 is 0 Å². The number of hydrogen-bond donors (Lipinski definition) is 1. The van der Waals surface area contributed by atoms with Crippen molar-refractivity contribution in [1.82, 2.24) is 9.97 Å². The third-order valence-corrected chi connectivity index (χ3v) is 4.49. The van der Waals surface area contributed by atoms with E-state index in [0.717, 1.165) is 14.7 Å². The zero-order chi connectivity index (χ0) is 14.1. The Labute approximate surface area is 128 Å². The SMILES string of the molecule is COc1ccncc1C(O)c1nc2ccc(Br)cc2s1. The number of aliphatic hydroxyl groups is 1. The zero-order valence-corrected chi connectivity index (χ0v) is 13.0. The van der Waals surface area contributed by atoms with Gasteiger partial charge in [-0.1, -0.05) is 15.9 Å². The monoisotopic (exact) mass is 350 g/mol. The highest BCUT2D eigenvalue weighted by atomic mass is 79.9. The molecule has 0 amide bonds. The molecule has 0 aliphatic heterocycles. The van der Waals surface area contributed by atoms with Crippen molar-refractivity contribution < 1.29 is 9.84 Å². The van der Waals surface area contributed by atoms with Gasteiger partial charge in [0.05, 0.1) is 17.3 Å². The molecule has 2 heterocycles. The Morgan fingerprint density at radius 2 is 2.20 bits per heavy atom. The van der Waals surface area contributed by atoms with Crippen LogP contribution in [0.15, 0.2) is 41.1 Å². The highest BCUT2D eigenvalue weighted by Gasteiger charge is 2.19. The van der Waals surface area contributed by atoms with E-state index in [-0.39, 0.29) is 0 Å². The van der Waals surface area contributed by atoms with Crippen molar-refractivity contribution in [2.75, 3.05) is 7.11 Å². The summed E-state index contributed by atoms with van der Waals surface area (Å²) in [5, 5.41) is 11.1. The van der Waals surface area contributed by atoms with Gasteiger partial charge in [-0.05, 0) is 24.3 Å². The van der Waals surface area contributed by atoms with Gasteiger partial charge in [-0.3, -0.25) is 4.98 Å². The van der Waals surface area contributed by atoms with Gasteiger partial charge in [0.1, 0.15) is 16.9 Å². The lowest BCUT2D eigenvalue weighted by atomic mass is 10.1. The molecular weight excluding hydrogens is 340 g/mol. The number of pyridine rings is 1. The third kappa shape index (κ3) is 2.42. The van der Waals surface area contributed by atoms with Crippen molar-refractivity contribution in [2.45, 2.75) is 6.10 Å². The lowest BCUT2D eigenvalue weighted by Gasteiger charge is -2.11. The summed E-state index contributed by atoms with van der Waals surface area (Å²) in [7, 11) is 1.57. The van der Waals surface area contributed by atoms with Gasteiger partial charge in [0, 0.05) is 22.4 Å². The lowest BCUT2D eigenvalue weighted by molar-refractivity contribution is 0.214. The summed E-state index contributed by atoms with van der Waals surface area (Å²) in [6.07, 6.45) is 2.39. The molecule has 1 N–H and O–H groups in total. The molecular formula is C14H11BrN2O2S. The molecule has 1 atom stereocenters. The van der Waals surface area contributed by atoms with Crippen LogP contribution in [0, 0.1) is 0 Å². The molecule has 2 aromatic heterocycles. The molecule has 0 saturated heterocycles. The van der Waals surface area contributed by atoms with Crippen molar-refractivity contribution in [3.05, 3.63) is 51.7 Å². The van der Waals surface area contributed by atoms with Gasteiger partial charge in [-0.2, -0.15) is 0 Å². The van der Waals surface area contributed by atoms with Crippen LogP contribution in [-0.2, 0) is 0 Å². The second-order valence-electron chi connectivity index (χ2n) is 4.18. The van der Waals surface area contributed by atoms with Crippen LogP contribution in [0.3, 0.4) is 0 Å². The third-order valence-electron chi connectivity index (χ3n) is 2.93. The minimum absolute atomic E-state index is 0.605. The van der Waals surface area contributed by atoms with E-state index in [1.165, 1.54) is 11.3 Å². The predicted octanol–water partition coefficient (Wildman–Crippen LogP) is 3.54. The number of methoxy groups -OCH3 is 1. The molecule has 3 aromatic rings. The highest BCUT2D eigenvalue weighted by molar-refractivity contribution is 9.10. The number of thiazole rings is 1. The molecule has 0 radical (unpaired) electrons. The first-order valence-corrected chi connectivity index (χ1v) is 7.52. The molecule has 6 heteroatoms. The van der Waals surface area contributed by atoms with Crippen molar-refractivity contribution in [1.29, 1.82) is 0 Å². The second kappa shape index (κ2) is 5.47. The van der Waals surface area contributed by atoms with E-state index in [2.05, 4.69) is 25.9 Å². The van der Waals surface area contributed by atoms with Crippen LogP contribution in [0.5, 0.6) is 5.75 Å². The average Bonchev–Trinajstić information content (AvgIpc) is 2.89. The van der Waals surface area contributed by atoms with E-state index in [4.69, 9.17) is 4.74 Å². The van der Waals surface area contributed by atoms with E-state index in [1.54, 1.807) is 25.6 Å². The van der Waals surface area contributed by atoms with Gasteiger partial charge in [0.25, 0.3) is 0 Å². The largest absolute Gasteiger partial charge is 0.496 e. The Morgan fingerprint density at radius 3 is 3.00 bits per heavy atom. The molecule has 20 heavy (non-hydrogen) atoms. The molecule has 0 fully saturated rings. The van der Waals surface area contributed by atoms with Crippen LogP contribution in [0.25, 0.3) is 10.2 Å². The summed E-state index contributed by atoms with van der Waals surface area (Å²) in [6, 6.07) is 7.57.